The van der Waals surface area contributed by atoms with Crippen LogP contribution < -0.4 is 26.4 Å². The molecule has 17 heteroatoms. The summed E-state index contributed by atoms with van der Waals surface area (Å²) in [4.78, 5) is 63.4. The standard InChI is InChI=1S/C53H65N9O7S/c1-33-46(70-32-57-33)37-15-13-36(14-16-37)30-56-50(67)42-25-39(63)31-62(42)51(68)47(52(2,3)4)58-45(65)17-21-61-22-19-53(20-23-61)27-38(28-53)49(66)55-29-35-11-9-34(10-12-35)18-24-69-44-26-41(59-60-48(44)54)40-7-5-6-8-43(40)64/h5-16,26,32,38-39,42,47,63-64H,17-25,27-31H2,1-4H3,(H2,54,60)(H,55,66)(H,56,67)(H,58,65)/t39-,42+,47-/m1/s1. The van der Waals surface area contributed by atoms with Crippen molar-refractivity contribution in [2.45, 2.75) is 104 Å². The van der Waals surface area contributed by atoms with E-state index in [0.717, 1.165) is 71.6 Å². The summed E-state index contributed by atoms with van der Waals surface area (Å²) in [5.74, 6) is -0.227. The number of aromatic nitrogens is 3. The van der Waals surface area contributed by atoms with Gasteiger partial charge in [-0.05, 0) is 90.9 Å². The molecule has 7 N–H and O–H groups in total. The molecule has 70 heavy (non-hydrogen) atoms. The number of benzene rings is 3. The van der Waals surface area contributed by atoms with Gasteiger partial charge in [0.1, 0.15) is 23.5 Å². The van der Waals surface area contributed by atoms with Gasteiger partial charge in [0, 0.05) is 63.0 Å². The Morgan fingerprint density at radius 3 is 2.23 bits per heavy atom. The number of aliphatic hydroxyl groups is 1. The number of amides is 4. The normalized spacial score (nSPS) is 18.5. The fraction of sp³-hybridized carbons (Fsp3) is 0.453. The third kappa shape index (κ3) is 12.1. The molecular weight excluding hydrogens is 907 g/mol. The van der Waals surface area contributed by atoms with Crippen LogP contribution in [0.4, 0.5) is 5.82 Å². The van der Waals surface area contributed by atoms with Gasteiger partial charge in [-0.3, -0.25) is 19.2 Å². The van der Waals surface area contributed by atoms with E-state index in [4.69, 9.17) is 10.5 Å². The predicted octanol–water partition coefficient (Wildman–Crippen LogP) is 5.79. The number of hydrogen-bond donors (Lipinski definition) is 6. The molecule has 5 aromatic rings. The molecule has 3 aromatic carbocycles. The number of nitrogens with two attached hydrogens (primary N) is 1. The monoisotopic (exact) mass is 971 g/mol. The van der Waals surface area contributed by atoms with E-state index in [0.29, 0.717) is 43.1 Å². The second-order valence-corrected chi connectivity index (χ2v) is 21.1. The number of phenols is 1. The Bertz CT molecular complexity index is 2640. The molecule has 2 aromatic heterocycles. The molecule has 370 valence electrons. The summed E-state index contributed by atoms with van der Waals surface area (Å²) in [7, 11) is 0. The van der Waals surface area contributed by atoms with E-state index >= 15 is 0 Å². The van der Waals surface area contributed by atoms with Gasteiger partial charge in [0.15, 0.2) is 11.6 Å². The van der Waals surface area contributed by atoms with Crippen LogP contribution in [0.1, 0.15) is 81.7 Å². The third-order valence-electron chi connectivity index (χ3n) is 14.1. The topological polar surface area (TPSA) is 225 Å². The Labute approximate surface area is 413 Å². The highest BCUT2D eigenvalue weighted by Gasteiger charge is 2.48. The molecule has 4 amide bonds. The lowest BCUT2D eigenvalue weighted by Crippen LogP contribution is -2.58. The zero-order valence-electron chi connectivity index (χ0n) is 40.4. The minimum atomic E-state index is -0.888. The van der Waals surface area contributed by atoms with Crippen molar-refractivity contribution >= 4 is 40.8 Å². The van der Waals surface area contributed by atoms with Crippen molar-refractivity contribution in [2.24, 2.45) is 16.7 Å². The minimum Gasteiger partial charge on any atom is -0.507 e. The number of piperidine rings is 1. The number of aryl methyl sites for hydroxylation is 1. The molecule has 1 aliphatic carbocycles. The van der Waals surface area contributed by atoms with Gasteiger partial charge in [-0.25, -0.2) is 4.98 Å². The molecule has 0 radical (unpaired) electrons. The number of β-amino-alcohol motifs (C(OH)–C–C–N with tert-alkyl or cyclic N) is 1. The molecule has 2 aliphatic heterocycles. The fourth-order valence-corrected chi connectivity index (χ4v) is 10.7. The molecule has 3 fully saturated rings. The number of hydrogen-bond acceptors (Lipinski definition) is 13. The number of nitrogens with zero attached hydrogens (tertiary/aromatic N) is 5. The smallest absolute Gasteiger partial charge is 0.246 e. The van der Waals surface area contributed by atoms with Gasteiger partial charge in [-0.15, -0.1) is 21.5 Å². The van der Waals surface area contributed by atoms with E-state index in [1.807, 2.05) is 81.7 Å². The summed E-state index contributed by atoms with van der Waals surface area (Å²) in [6, 6.07) is 22.8. The molecule has 3 atom stereocenters. The van der Waals surface area contributed by atoms with Crippen molar-refractivity contribution in [3.05, 3.63) is 107 Å². The summed E-state index contributed by atoms with van der Waals surface area (Å²) >= 11 is 1.58. The highest BCUT2D eigenvalue weighted by molar-refractivity contribution is 7.13. The number of phenolic OH excluding ortho intramolecular Hbond substituents is 1. The third-order valence-corrected chi connectivity index (χ3v) is 15.1. The SMILES string of the molecule is Cc1ncsc1-c1ccc(CNC(=O)[C@@H]2C[C@@H](O)CN2C(=O)[C@@H](NC(=O)CCN2CCC3(CC2)CC(C(=O)NCc2ccc(CCOc4cc(-c5ccccc5O)nnc4N)cc2)C3)C(C)(C)C)cc1. The maximum atomic E-state index is 14.1. The van der Waals surface area contributed by atoms with Gasteiger partial charge in [0.25, 0.3) is 0 Å². The molecule has 8 rings (SSSR count). The first-order chi connectivity index (χ1) is 33.5. The van der Waals surface area contributed by atoms with Crippen LogP contribution in [-0.2, 0) is 38.7 Å². The van der Waals surface area contributed by atoms with Crippen molar-refractivity contribution in [1.82, 2.24) is 40.9 Å². The molecule has 1 saturated carbocycles. The van der Waals surface area contributed by atoms with Crippen molar-refractivity contribution in [2.75, 3.05) is 38.5 Å². The molecule has 2 saturated heterocycles. The van der Waals surface area contributed by atoms with Crippen LogP contribution in [0.5, 0.6) is 11.5 Å². The Morgan fingerprint density at radius 2 is 1.57 bits per heavy atom. The van der Waals surface area contributed by atoms with E-state index in [1.54, 1.807) is 41.7 Å². The number of carbonyl (C=O) groups is 4. The van der Waals surface area contributed by atoms with Crippen LogP contribution in [0.3, 0.4) is 0 Å². The van der Waals surface area contributed by atoms with E-state index < -0.39 is 23.6 Å². The summed E-state index contributed by atoms with van der Waals surface area (Å²) < 4.78 is 5.94. The highest BCUT2D eigenvalue weighted by Crippen LogP contribution is 2.52. The van der Waals surface area contributed by atoms with Crippen LogP contribution in [0.2, 0.25) is 0 Å². The molecule has 1 spiro atoms. The van der Waals surface area contributed by atoms with Crippen molar-refractivity contribution in [3.63, 3.8) is 0 Å². The number of nitrogen functional groups attached to an aromatic ring is 1. The number of aliphatic hydroxyl groups excluding tert-OH is 1. The van der Waals surface area contributed by atoms with Gasteiger partial charge >= 0.3 is 0 Å². The predicted molar refractivity (Wildman–Crippen MR) is 268 cm³/mol. The van der Waals surface area contributed by atoms with Crippen molar-refractivity contribution < 1.29 is 34.1 Å². The van der Waals surface area contributed by atoms with Gasteiger partial charge < -0.3 is 46.4 Å². The summed E-state index contributed by atoms with van der Waals surface area (Å²) in [6.45, 7) is 11.0. The zero-order valence-corrected chi connectivity index (χ0v) is 41.3. The van der Waals surface area contributed by atoms with Crippen molar-refractivity contribution in [1.29, 1.82) is 0 Å². The largest absolute Gasteiger partial charge is 0.507 e. The number of thiazole rings is 1. The molecule has 3 aliphatic rings. The molecular formula is C53H65N9O7S. The molecule has 16 nitrogen and oxygen atoms in total. The lowest BCUT2D eigenvalue weighted by atomic mass is 9.57. The van der Waals surface area contributed by atoms with Gasteiger partial charge in [-0.2, -0.15) is 0 Å². The second kappa shape index (κ2) is 21.7. The highest BCUT2D eigenvalue weighted by atomic mass is 32.1. The average Bonchev–Trinajstić information content (AvgIpc) is 3.96. The first kappa shape index (κ1) is 50.0. The van der Waals surface area contributed by atoms with E-state index in [-0.39, 0.29) is 72.5 Å². The lowest BCUT2D eigenvalue weighted by molar-refractivity contribution is -0.144. The number of anilines is 1. The van der Waals surface area contributed by atoms with Crippen molar-refractivity contribution in [3.8, 4) is 33.2 Å². The molecule has 0 bridgehead atoms. The quantitative estimate of drug-likeness (QED) is 0.0652. The fourth-order valence-electron chi connectivity index (χ4n) is 9.86. The van der Waals surface area contributed by atoms with E-state index in [9.17, 15) is 29.4 Å². The zero-order chi connectivity index (χ0) is 49.6. The number of rotatable bonds is 17. The first-order valence-electron chi connectivity index (χ1n) is 24.2. The van der Waals surface area contributed by atoms with Gasteiger partial charge in [0.2, 0.25) is 23.6 Å². The number of para-hydroxylation sites is 1. The Kier molecular flexibility index (Phi) is 15.5. The molecule has 0 unspecified atom stereocenters. The first-order valence-corrected chi connectivity index (χ1v) is 25.1. The number of ether oxygens (including phenoxy) is 1. The van der Waals surface area contributed by atoms with Crippen LogP contribution >= 0.6 is 11.3 Å². The number of nitrogens with one attached hydrogen (secondary N) is 3. The Morgan fingerprint density at radius 1 is 0.914 bits per heavy atom. The maximum Gasteiger partial charge on any atom is 0.246 e. The number of likely N-dealkylation sites (tertiary alicyclic amines) is 2. The Hall–Kier alpha value is -6.43. The summed E-state index contributed by atoms with van der Waals surface area (Å²) in [5, 5.41) is 38.0. The van der Waals surface area contributed by atoms with Crippen LogP contribution in [-0.4, -0.2) is 110 Å². The summed E-state index contributed by atoms with van der Waals surface area (Å²) in [5.41, 5.74) is 13.3. The maximum absolute atomic E-state index is 14.1. The van der Waals surface area contributed by atoms with Crippen LogP contribution in [0.15, 0.2) is 84.4 Å². The van der Waals surface area contributed by atoms with Gasteiger partial charge in [-0.1, -0.05) is 81.4 Å². The van der Waals surface area contributed by atoms with Gasteiger partial charge in [0.05, 0.1) is 28.8 Å². The number of aromatic hydroxyl groups is 1. The molecule has 4 heterocycles. The van der Waals surface area contributed by atoms with Crippen LogP contribution in [0, 0.1) is 23.7 Å². The Balaban J connectivity index is 0.729. The minimum absolute atomic E-state index is 0.0129. The van der Waals surface area contributed by atoms with Crippen LogP contribution in [0.25, 0.3) is 21.7 Å². The average molecular weight is 972 g/mol. The number of carbonyl (C=O) groups excluding carboxylic acids is 4. The van der Waals surface area contributed by atoms with E-state index in [2.05, 4.69) is 36.0 Å². The lowest BCUT2D eigenvalue weighted by Gasteiger charge is -2.51. The van der Waals surface area contributed by atoms with E-state index in [1.165, 1.54) is 4.90 Å². The summed E-state index contributed by atoms with van der Waals surface area (Å²) in [6.07, 6.45) is 3.78. The second-order valence-electron chi connectivity index (χ2n) is 20.3.